The van der Waals surface area contributed by atoms with Gasteiger partial charge in [-0.1, -0.05) is 18.2 Å². The van der Waals surface area contributed by atoms with Gasteiger partial charge in [0.05, 0.1) is 24.8 Å². The highest BCUT2D eigenvalue weighted by molar-refractivity contribution is 7.99. The molecule has 2 heterocycles. The van der Waals surface area contributed by atoms with Gasteiger partial charge in [-0.15, -0.1) is 11.8 Å². The average molecular weight is 377 g/mol. The van der Waals surface area contributed by atoms with Crippen LogP contribution in [0.3, 0.4) is 0 Å². The third kappa shape index (κ3) is 4.06. The molecule has 0 fully saturated rings. The molecule has 136 valence electrons. The van der Waals surface area contributed by atoms with Gasteiger partial charge in [-0.3, -0.25) is 0 Å². The summed E-state index contributed by atoms with van der Waals surface area (Å²) in [7, 11) is 1.65. The van der Waals surface area contributed by atoms with E-state index in [9.17, 15) is 0 Å². The number of aromatic nitrogens is 3. The van der Waals surface area contributed by atoms with Crippen molar-refractivity contribution in [2.45, 2.75) is 4.90 Å². The summed E-state index contributed by atoms with van der Waals surface area (Å²) in [6, 6.07) is 19.9. The highest BCUT2D eigenvalue weighted by atomic mass is 32.2. The lowest BCUT2D eigenvalue weighted by Gasteiger charge is -2.12. The number of nitrogens with zero attached hydrogens (tertiary/aromatic N) is 2. The van der Waals surface area contributed by atoms with Gasteiger partial charge in [-0.25, -0.2) is 9.97 Å². The smallest absolute Gasteiger partial charge is 0.178 e. The van der Waals surface area contributed by atoms with E-state index >= 15 is 0 Å². The molecule has 0 radical (unpaired) electrons. The third-order valence-corrected chi connectivity index (χ3v) is 5.03. The van der Waals surface area contributed by atoms with Crippen LogP contribution >= 0.6 is 11.8 Å². The van der Waals surface area contributed by atoms with Crippen molar-refractivity contribution in [1.82, 2.24) is 15.0 Å². The second-order valence-electron chi connectivity index (χ2n) is 5.83. The van der Waals surface area contributed by atoms with Gasteiger partial charge in [0.25, 0.3) is 0 Å². The molecule has 2 aromatic heterocycles. The summed E-state index contributed by atoms with van der Waals surface area (Å²) in [6.45, 7) is 0.582. The van der Waals surface area contributed by atoms with E-state index < -0.39 is 0 Å². The fraction of sp³-hybridized carbons (Fsp3) is 0.143. The Morgan fingerprint density at radius 1 is 1.04 bits per heavy atom. The van der Waals surface area contributed by atoms with E-state index in [1.54, 1.807) is 25.1 Å². The number of H-pyrrole nitrogens is 1. The SMILES string of the molecule is COc1ccc(-c2nc3ncccc3[nH]2)c(OCCSc2ccccc2)c1. The number of thioether (sulfide) groups is 1. The van der Waals surface area contributed by atoms with Gasteiger partial charge in [-0.05, 0) is 36.4 Å². The van der Waals surface area contributed by atoms with Crippen molar-refractivity contribution in [2.24, 2.45) is 0 Å². The van der Waals surface area contributed by atoms with Gasteiger partial charge in [0.15, 0.2) is 5.65 Å². The highest BCUT2D eigenvalue weighted by Crippen LogP contribution is 2.33. The normalized spacial score (nSPS) is 10.9. The minimum atomic E-state index is 0.582. The molecule has 0 spiro atoms. The van der Waals surface area contributed by atoms with Crippen LogP contribution in [0.15, 0.2) is 71.8 Å². The van der Waals surface area contributed by atoms with Gasteiger partial charge in [0, 0.05) is 22.9 Å². The van der Waals surface area contributed by atoms with Crippen molar-refractivity contribution in [2.75, 3.05) is 19.5 Å². The van der Waals surface area contributed by atoms with E-state index in [2.05, 4.69) is 27.1 Å². The van der Waals surface area contributed by atoms with Crippen LogP contribution in [0.4, 0.5) is 0 Å². The lowest BCUT2D eigenvalue weighted by atomic mass is 10.2. The Kier molecular flexibility index (Phi) is 5.25. The maximum absolute atomic E-state index is 6.07. The number of rotatable bonds is 7. The monoisotopic (exact) mass is 377 g/mol. The van der Waals surface area contributed by atoms with Crippen LogP contribution in [0.2, 0.25) is 0 Å². The Morgan fingerprint density at radius 3 is 2.74 bits per heavy atom. The molecule has 4 rings (SSSR count). The number of benzene rings is 2. The van der Waals surface area contributed by atoms with E-state index in [1.165, 1.54) is 4.90 Å². The first-order valence-corrected chi connectivity index (χ1v) is 9.62. The molecule has 0 unspecified atom stereocenters. The molecule has 6 heteroatoms. The van der Waals surface area contributed by atoms with E-state index in [4.69, 9.17) is 9.47 Å². The zero-order valence-electron chi connectivity index (χ0n) is 14.9. The molecule has 5 nitrogen and oxygen atoms in total. The topological polar surface area (TPSA) is 60.0 Å². The number of nitrogens with one attached hydrogen (secondary N) is 1. The predicted octanol–water partition coefficient (Wildman–Crippen LogP) is 4.80. The first-order valence-electron chi connectivity index (χ1n) is 8.63. The Bertz CT molecular complexity index is 1000. The maximum Gasteiger partial charge on any atom is 0.178 e. The first-order chi connectivity index (χ1) is 13.3. The highest BCUT2D eigenvalue weighted by Gasteiger charge is 2.13. The number of imidazole rings is 1. The van der Waals surface area contributed by atoms with Crippen LogP contribution in [0, 0.1) is 0 Å². The molecule has 0 bridgehead atoms. The van der Waals surface area contributed by atoms with Gasteiger partial charge < -0.3 is 14.5 Å². The largest absolute Gasteiger partial charge is 0.497 e. The molecular weight excluding hydrogens is 358 g/mol. The lowest BCUT2D eigenvalue weighted by Crippen LogP contribution is -2.02. The Labute approximate surface area is 161 Å². The molecule has 0 saturated heterocycles. The lowest BCUT2D eigenvalue weighted by molar-refractivity contribution is 0.341. The van der Waals surface area contributed by atoms with Gasteiger partial charge in [0.2, 0.25) is 0 Å². The van der Waals surface area contributed by atoms with E-state index in [-0.39, 0.29) is 0 Å². The van der Waals surface area contributed by atoms with Gasteiger partial charge in [-0.2, -0.15) is 0 Å². The Balaban J connectivity index is 1.53. The standard InChI is InChI=1S/C21H19N3O2S/c1-25-15-9-10-17(20-23-18-8-5-11-22-21(18)24-20)19(14-15)26-12-13-27-16-6-3-2-4-7-16/h2-11,14H,12-13H2,1H3,(H,22,23,24). The van der Waals surface area contributed by atoms with E-state index in [1.807, 2.05) is 48.5 Å². The summed E-state index contributed by atoms with van der Waals surface area (Å²) in [5.74, 6) is 3.07. The van der Waals surface area contributed by atoms with Crippen LogP contribution in [-0.2, 0) is 0 Å². The molecule has 1 N–H and O–H groups in total. The number of hydrogen-bond acceptors (Lipinski definition) is 5. The predicted molar refractivity (Wildman–Crippen MR) is 109 cm³/mol. The Morgan fingerprint density at radius 2 is 1.93 bits per heavy atom. The fourth-order valence-electron chi connectivity index (χ4n) is 2.75. The molecule has 0 atom stereocenters. The summed E-state index contributed by atoms with van der Waals surface area (Å²) in [6.07, 6.45) is 1.74. The van der Waals surface area contributed by atoms with Crippen molar-refractivity contribution in [3.63, 3.8) is 0 Å². The second kappa shape index (κ2) is 8.14. The number of aromatic amines is 1. The van der Waals surface area contributed by atoms with Crippen LogP contribution < -0.4 is 9.47 Å². The van der Waals surface area contributed by atoms with Gasteiger partial charge >= 0.3 is 0 Å². The maximum atomic E-state index is 6.07. The van der Waals surface area contributed by atoms with Crippen LogP contribution in [0.5, 0.6) is 11.5 Å². The summed E-state index contributed by atoms with van der Waals surface area (Å²) >= 11 is 1.77. The second-order valence-corrected chi connectivity index (χ2v) is 7.00. The van der Waals surface area contributed by atoms with E-state index in [0.29, 0.717) is 12.3 Å². The van der Waals surface area contributed by atoms with Crippen LogP contribution in [-0.4, -0.2) is 34.4 Å². The molecule has 0 saturated carbocycles. The van der Waals surface area contributed by atoms with Crippen LogP contribution in [0.25, 0.3) is 22.6 Å². The number of methoxy groups -OCH3 is 1. The Hall–Kier alpha value is -2.99. The number of pyridine rings is 1. The molecule has 0 amide bonds. The van der Waals surface area contributed by atoms with Crippen LogP contribution in [0.1, 0.15) is 0 Å². The van der Waals surface area contributed by atoms with Crippen molar-refractivity contribution < 1.29 is 9.47 Å². The molecule has 2 aromatic carbocycles. The van der Waals surface area contributed by atoms with Crippen molar-refractivity contribution in [1.29, 1.82) is 0 Å². The zero-order chi connectivity index (χ0) is 18.5. The van der Waals surface area contributed by atoms with E-state index in [0.717, 1.165) is 34.2 Å². The number of fused-ring (bicyclic) bond motifs is 1. The molecule has 0 aliphatic heterocycles. The fourth-order valence-corrected chi connectivity index (χ4v) is 3.50. The van der Waals surface area contributed by atoms with Crippen molar-refractivity contribution >= 4 is 22.9 Å². The molecule has 27 heavy (non-hydrogen) atoms. The minimum absolute atomic E-state index is 0.582. The summed E-state index contributed by atoms with van der Waals surface area (Å²) in [5, 5.41) is 0. The molecule has 0 aliphatic rings. The zero-order valence-corrected chi connectivity index (χ0v) is 15.7. The van der Waals surface area contributed by atoms with Crippen molar-refractivity contribution in [3.8, 4) is 22.9 Å². The summed E-state index contributed by atoms with van der Waals surface area (Å²) in [4.78, 5) is 13.4. The molecule has 4 aromatic rings. The number of ether oxygens (including phenoxy) is 2. The first kappa shape index (κ1) is 17.4. The van der Waals surface area contributed by atoms with Crippen molar-refractivity contribution in [3.05, 3.63) is 66.9 Å². The summed E-state index contributed by atoms with van der Waals surface area (Å²) < 4.78 is 11.4. The third-order valence-electron chi connectivity index (χ3n) is 4.05. The minimum Gasteiger partial charge on any atom is -0.497 e. The molecule has 0 aliphatic carbocycles. The number of hydrogen-bond donors (Lipinski definition) is 1. The quantitative estimate of drug-likeness (QED) is 0.370. The van der Waals surface area contributed by atoms with Gasteiger partial charge in [0.1, 0.15) is 17.3 Å². The average Bonchev–Trinajstić information content (AvgIpc) is 3.16. The molecular formula is C21H19N3O2S. The summed E-state index contributed by atoms with van der Waals surface area (Å²) in [5.41, 5.74) is 2.47.